The number of carbonyl (C=O) groups excluding carboxylic acids is 1. The van der Waals surface area contributed by atoms with Crippen molar-refractivity contribution in [3.05, 3.63) is 27.3 Å². The molecule has 102 valence electrons. The van der Waals surface area contributed by atoms with Gasteiger partial charge in [0.2, 0.25) is 5.91 Å². The number of hydrogen-bond donors (Lipinski definition) is 2. The molecule has 1 amide bonds. The fourth-order valence-electron chi connectivity index (χ4n) is 3.10. The first-order valence-corrected chi connectivity index (χ1v) is 7.96. The number of nitrogens with one attached hydrogen (secondary N) is 2. The smallest absolute Gasteiger partial charge is 0.228 e. The molecule has 1 aromatic rings. The summed E-state index contributed by atoms with van der Waals surface area (Å²) in [6.07, 6.45) is 3.37. The van der Waals surface area contributed by atoms with Crippen LogP contribution in [0.3, 0.4) is 0 Å². The zero-order chi connectivity index (χ0) is 13.5. The SMILES string of the molecule is Cc1ccc(NC(=O)C2CC23CCNCC3)cc1I. The zero-order valence-electron chi connectivity index (χ0n) is 11.1. The van der Waals surface area contributed by atoms with Crippen LogP contribution in [0.1, 0.15) is 24.8 Å². The van der Waals surface area contributed by atoms with Gasteiger partial charge in [0.15, 0.2) is 0 Å². The Morgan fingerprint density at radius 1 is 1.42 bits per heavy atom. The molecule has 1 aromatic carbocycles. The van der Waals surface area contributed by atoms with Crippen molar-refractivity contribution >= 4 is 34.2 Å². The van der Waals surface area contributed by atoms with E-state index in [0.29, 0.717) is 5.41 Å². The van der Waals surface area contributed by atoms with Crippen molar-refractivity contribution in [3.63, 3.8) is 0 Å². The Morgan fingerprint density at radius 3 is 2.84 bits per heavy atom. The van der Waals surface area contributed by atoms with Crippen molar-refractivity contribution < 1.29 is 4.79 Å². The van der Waals surface area contributed by atoms with Crippen molar-refractivity contribution in [2.45, 2.75) is 26.2 Å². The van der Waals surface area contributed by atoms with Crippen molar-refractivity contribution in [2.24, 2.45) is 11.3 Å². The Labute approximate surface area is 127 Å². The predicted octanol–water partition coefficient (Wildman–Crippen LogP) is 2.93. The van der Waals surface area contributed by atoms with E-state index in [9.17, 15) is 4.79 Å². The summed E-state index contributed by atoms with van der Waals surface area (Å²) in [5.74, 6) is 0.440. The van der Waals surface area contributed by atoms with Crippen LogP contribution in [-0.4, -0.2) is 19.0 Å². The van der Waals surface area contributed by atoms with Crippen LogP contribution in [0.4, 0.5) is 5.69 Å². The topological polar surface area (TPSA) is 41.1 Å². The Bertz CT molecular complexity index is 509. The third-order valence-electron chi connectivity index (χ3n) is 4.54. The highest BCUT2D eigenvalue weighted by Gasteiger charge is 2.57. The molecule has 0 radical (unpaired) electrons. The minimum Gasteiger partial charge on any atom is -0.326 e. The minimum absolute atomic E-state index is 0.210. The molecule has 0 aromatic heterocycles. The number of benzene rings is 1. The maximum atomic E-state index is 12.3. The van der Waals surface area contributed by atoms with Gasteiger partial charge in [0.05, 0.1) is 0 Å². The number of rotatable bonds is 2. The van der Waals surface area contributed by atoms with Gasteiger partial charge < -0.3 is 10.6 Å². The standard InChI is InChI=1S/C15H19IN2O/c1-10-2-3-11(8-13(10)16)18-14(19)12-9-15(12)4-6-17-7-5-15/h2-3,8,12,17H,4-7,9H2,1H3,(H,18,19). The van der Waals surface area contributed by atoms with Gasteiger partial charge in [0, 0.05) is 15.2 Å². The lowest BCUT2D eigenvalue weighted by atomic mass is 9.92. The molecule has 3 rings (SSSR count). The molecule has 2 fully saturated rings. The molecule has 1 saturated carbocycles. The van der Waals surface area contributed by atoms with Gasteiger partial charge in [-0.2, -0.15) is 0 Å². The van der Waals surface area contributed by atoms with Crippen LogP contribution in [-0.2, 0) is 4.79 Å². The maximum absolute atomic E-state index is 12.3. The van der Waals surface area contributed by atoms with Crippen LogP contribution in [0.15, 0.2) is 18.2 Å². The molecular formula is C15H19IN2O. The van der Waals surface area contributed by atoms with Crippen LogP contribution in [0, 0.1) is 21.8 Å². The summed E-state index contributed by atoms with van der Waals surface area (Å²) in [6.45, 7) is 4.21. The van der Waals surface area contributed by atoms with Gasteiger partial charge in [-0.15, -0.1) is 0 Å². The van der Waals surface area contributed by atoms with E-state index < -0.39 is 0 Å². The van der Waals surface area contributed by atoms with E-state index in [-0.39, 0.29) is 11.8 Å². The van der Waals surface area contributed by atoms with Gasteiger partial charge in [-0.25, -0.2) is 0 Å². The first kappa shape index (κ1) is 13.4. The van der Waals surface area contributed by atoms with Gasteiger partial charge >= 0.3 is 0 Å². The largest absolute Gasteiger partial charge is 0.326 e. The van der Waals surface area contributed by atoms with Gasteiger partial charge in [-0.3, -0.25) is 4.79 Å². The normalized spacial score (nSPS) is 24.2. The van der Waals surface area contributed by atoms with E-state index in [1.54, 1.807) is 0 Å². The van der Waals surface area contributed by atoms with Crippen LogP contribution < -0.4 is 10.6 Å². The lowest BCUT2D eigenvalue weighted by Crippen LogP contribution is -2.31. The number of carbonyl (C=O) groups is 1. The van der Waals surface area contributed by atoms with Crippen molar-refractivity contribution in [2.75, 3.05) is 18.4 Å². The maximum Gasteiger partial charge on any atom is 0.228 e. The second-order valence-electron chi connectivity index (χ2n) is 5.82. The minimum atomic E-state index is 0.210. The highest BCUT2D eigenvalue weighted by molar-refractivity contribution is 14.1. The summed E-state index contributed by atoms with van der Waals surface area (Å²) in [5, 5.41) is 6.45. The van der Waals surface area contributed by atoms with E-state index in [0.717, 1.165) is 38.0 Å². The van der Waals surface area contributed by atoms with Crippen molar-refractivity contribution in [3.8, 4) is 0 Å². The van der Waals surface area contributed by atoms with Crippen molar-refractivity contribution in [1.29, 1.82) is 0 Å². The fraction of sp³-hybridized carbons (Fsp3) is 0.533. The molecule has 1 heterocycles. The average Bonchev–Trinajstić information content (AvgIpc) is 3.08. The van der Waals surface area contributed by atoms with Crippen LogP contribution >= 0.6 is 22.6 Å². The quantitative estimate of drug-likeness (QED) is 0.787. The number of amides is 1. The molecule has 1 aliphatic carbocycles. The van der Waals surface area contributed by atoms with Gasteiger partial charge in [-0.05, 0) is 85.0 Å². The molecule has 4 heteroatoms. The van der Waals surface area contributed by atoms with Gasteiger partial charge in [-0.1, -0.05) is 6.07 Å². The van der Waals surface area contributed by atoms with E-state index in [1.165, 1.54) is 9.13 Å². The highest BCUT2D eigenvalue weighted by Crippen LogP contribution is 2.58. The Morgan fingerprint density at radius 2 is 2.16 bits per heavy atom. The molecule has 1 aliphatic heterocycles. The van der Waals surface area contributed by atoms with Crippen LogP contribution in [0.2, 0.25) is 0 Å². The summed E-state index contributed by atoms with van der Waals surface area (Å²) in [6, 6.07) is 6.10. The predicted molar refractivity (Wildman–Crippen MR) is 85.2 cm³/mol. The third-order valence-corrected chi connectivity index (χ3v) is 5.71. The Hall–Kier alpha value is -0.620. The van der Waals surface area contributed by atoms with Crippen molar-refractivity contribution in [1.82, 2.24) is 5.32 Å². The van der Waals surface area contributed by atoms with Gasteiger partial charge in [0.1, 0.15) is 0 Å². The molecule has 0 bridgehead atoms. The van der Waals surface area contributed by atoms with E-state index >= 15 is 0 Å². The first-order chi connectivity index (χ1) is 9.11. The lowest BCUT2D eigenvalue weighted by Gasteiger charge is -2.23. The summed E-state index contributed by atoms with van der Waals surface area (Å²) in [4.78, 5) is 12.3. The molecule has 2 aliphatic rings. The Kier molecular flexibility index (Phi) is 3.55. The molecule has 2 N–H and O–H groups in total. The van der Waals surface area contributed by atoms with Gasteiger partial charge in [0.25, 0.3) is 0 Å². The number of hydrogen-bond acceptors (Lipinski definition) is 2. The number of piperidine rings is 1. The average molecular weight is 370 g/mol. The molecule has 19 heavy (non-hydrogen) atoms. The Balaban J connectivity index is 1.64. The van der Waals surface area contributed by atoms with E-state index in [1.807, 2.05) is 12.1 Å². The second-order valence-corrected chi connectivity index (χ2v) is 6.98. The van der Waals surface area contributed by atoms with E-state index in [2.05, 4.69) is 46.2 Å². The van der Waals surface area contributed by atoms with E-state index in [4.69, 9.17) is 0 Å². The summed E-state index contributed by atoms with van der Waals surface area (Å²) >= 11 is 2.31. The molecular weight excluding hydrogens is 351 g/mol. The zero-order valence-corrected chi connectivity index (χ0v) is 13.3. The second kappa shape index (κ2) is 5.05. The van der Waals surface area contributed by atoms with Crippen LogP contribution in [0.5, 0.6) is 0 Å². The molecule has 1 spiro atoms. The summed E-state index contributed by atoms with van der Waals surface area (Å²) in [5.41, 5.74) is 2.49. The molecule has 1 unspecified atom stereocenters. The fourth-order valence-corrected chi connectivity index (χ4v) is 3.61. The highest BCUT2D eigenvalue weighted by atomic mass is 127. The number of anilines is 1. The lowest BCUT2D eigenvalue weighted by molar-refractivity contribution is -0.118. The summed E-state index contributed by atoms with van der Waals surface area (Å²) < 4.78 is 1.20. The molecule has 1 atom stereocenters. The third kappa shape index (κ3) is 2.65. The molecule has 3 nitrogen and oxygen atoms in total. The summed E-state index contributed by atoms with van der Waals surface area (Å²) in [7, 11) is 0. The molecule has 1 saturated heterocycles. The monoisotopic (exact) mass is 370 g/mol. The first-order valence-electron chi connectivity index (χ1n) is 6.88. The number of aryl methyl sites for hydroxylation is 1. The van der Waals surface area contributed by atoms with Crippen LogP contribution in [0.25, 0.3) is 0 Å². The number of halogens is 1.